The number of methoxy groups -OCH3 is 1. The molecule has 0 saturated carbocycles. The highest BCUT2D eigenvalue weighted by atomic mass is 16.7. The molecule has 0 saturated heterocycles. The molecule has 0 aromatic heterocycles. The highest BCUT2D eigenvalue weighted by Gasteiger charge is 2.45. The predicted octanol–water partition coefficient (Wildman–Crippen LogP) is 1.76. The zero-order valence-corrected chi connectivity index (χ0v) is 11.8. The zero-order chi connectivity index (χ0) is 14.5. The molecule has 0 aliphatic heterocycles. The minimum atomic E-state index is -1.46. The molecule has 0 heterocycles. The van der Waals surface area contributed by atoms with Crippen LogP contribution in [0.1, 0.15) is 26.3 Å². The van der Waals surface area contributed by atoms with Crippen LogP contribution in [-0.4, -0.2) is 25.3 Å². The summed E-state index contributed by atoms with van der Waals surface area (Å²) in [6.07, 6.45) is 0. The molecule has 0 unspecified atom stereocenters. The molecule has 106 valence electrons. The lowest BCUT2D eigenvalue weighted by molar-refractivity contribution is -0.194. The highest BCUT2D eigenvalue weighted by Crippen LogP contribution is 2.28. The van der Waals surface area contributed by atoms with E-state index in [1.807, 2.05) is 6.07 Å². The van der Waals surface area contributed by atoms with Crippen molar-refractivity contribution in [3.63, 3.8) is 0 Å². The Kier molecular flexibility index (Phi) is 5.05. The van der Waals surface area contributed by atoms with Gasteiger partial charge in [-0.2, -0.15) is 0 Å². The molecule has 5 nitrogen and oxygen atoms in total. The summed E-state index contributed by atoms with van der Waals surface area (Å²) in [5.41, 5.74) is -1.50. The van der Waals surface area contributed by atoms with Crippen molar-refractivity contribution in [3.05, 3.63) is 35.9 Å². The monoisotopic (exact) mass is 267 g/mol. The SMILES string of the molecule is COC[C@](ON)(C(=O)OC(C)(C)C)c1ccccc1. The van der Waals surface area contributed by atoms with E-state index in [1.54, 1.807) is 45.0 Å². The van der Waals surface area contributed by atoms with Gasteiger partial charge in [0.05, 0.1) is 6.61 Å². The van der Waals surface area contributed by atoms with E-state index in [-0.39, 0.29) is 6.61 Å². The summed E-state index contributed by atoms with van der Waals surface area (Å²) in [6, 6.07) is 8.92. The molecule has 0 aliphatic carbocycles. The van der Waals surface area contributed by atoms with Gasteiger partial charge < -0.3 is 9.47 Å². The lowest BCUT2D eigenvalue weighted by Crippen LogP contribution is -2.48. The quantitative estimate of drug-likeness (QED) is 0.650. The lowest BCUT2D eigenvalue weighted by atomic mass is 9.94. The number of esters is 1. The van der Waals surface area contributed by atoms with Gasteiger partial charge in [-0.25, -0.2) is 10.7 Å². The molecule has 19 heavy (non-hydrogen) atoms. The van der Waals surface area contributed by atoms with Gasteiger partial charge in [-0.3, -0.25) is 4.84 Å². The second-order valence-corrected chi connectivity index (χ2v) is 5.25. The first kappa shape index (κ1) is 15.6. The number of hydrogen-bond donors (Lipinski definition) is 1. The van der Waals surface area contributed by atoms with Gasteiger partial charge in [-0.15, -0.1) is 0 Å². The molecule has 1 rings (SSSR count). The van der Waals surface area contributed by atoms with E-state index in [2.05, 4.69) is 0 Å². The summed E-state index contributed by atoms with van der Waals surface area (Å²) in [5, 5.41) is 0. The van der Waals surface area contributed by atoms with Gasteiger partial charge in [0.15, 0.2) is 0 Å². The number of nitrogens with two attached hydrogens (primary N) is 1. The Balaban J connectivity index is 3.16. The van der Waals surface area contributed by atoms with Crippen LogP contribution in [0.2, 0.25) is 0 Å². The molecule has 0 fully saturated rings. The molecule has 1 atom stereocenters. The fraction of sp³-hybridized carbons (Fsp3) is 0.500. The van der Waals surface area contributed by atoms with Crippen LogP contribution in [0.15, 0.2) is 30.3 Å². The third-order valence-electron chi connectivity index (χ3n) is 2.52. The van der Waals surface area contributed by atoms with Gasteiger partial charge in [-0.05, 0) is 26.3 Å². The second-order valence-electron chi connectivity index (χ2n) is 5.25. The molecule has 0 spiro atoms. The fourth-order valence-electron chi connectivity index (χ4n) is 1.68. The Morgan fingerprint density at radius 2 is 1.79 bits per heavy atom. The van der Waals surface area contributed by atoms with E-state index in [1.165, 1.54) is 7.11 Å². The fourth-order valence-corrected chi connectivity index (χ4v) is 1.68. The number of benzene rings is 1. The molecule has 2 N–H and O–H groups in total. The van der Waals surface area contributed by atoms with Crippen LogP contribution in [-0.2, 0) is 24.7 Å². The highest BCUT2D eigenvalue weighted by molar-refractivity contribution is 5.82. The number of ether oxygens (including phenoxy) is 2. The smallest absolute Gasteiger partial charge is 0.348 e. The lowest BCUT2D eigenvalue weighted by Gasteiger charge is -2.32. The first-order chi connectivity index (χ1) is 8.85. The Labute approximate surface area is 113 Å². The molecule has 0 radical (unpaired) electrons. The summed E-state index contributed by atoms with van der Waals surface area (Å²) in [5.74, 6) is 4.79. The molecule has 1 aromatic carbocycles. The standard InChI is InChI=1S/C14H21NO4/c1-13(2,3)18-12(16)14(19-15,10-17-4)11-8-6-5-7-9-11/h5-9H,10,15H2,1-4H3/t14-/m1/s1. The van der Waals surface area contributed by atoms with Crippen molar-refractivity contribution in [1.29, 1.82) is 0 Å². The molecular formula is C14H21NO4. The third kappa shape index (κ3) is 3.76. The van der Waals surface area contributed by atoms with Crippen molar-refractivity contribution < 1.29 is 19.1 Å². The Morgan fingerprint density at radius 1 is 1.21 bits per heavy atom. The molecule has 5 heteroatoms. The molecule has 0 aliphatic rings. The van der Waals surface area contributed by atoms with Crippen molar-refractivity contribution in [3.8, 4) is 0 Å². The first-order valence-electron chi connectivity index (χ1n) is 6.01. The molecule has 0 bridgehead atoms. The van der Waals surface area contributed by atoms with Crippen molar-refractivity contribution in [2.24, 2.45) is 5.90 Å². The minimum absolute atomic E-state index is 0.0254. The predicted molar refractivity (Wildman–Crippen MR) is 71.1 cm³/mol. The van der Waals surface area contributed by atoms with Crippen LogP contribution < -0.4 is 5.90 Å². The second kappa shape index (κ2) is 6.14. The van der Waals surface area contributed by atoms with Crippen LogP contribution in [0.4, 0.5) is 0 Å². The van der Waals surface area contributed by atoms with Gasteiger partial charge in [0.2, 0.25) is 5.60 Å². The van der Waals surface area contributed by atoms with E-state index in [0.717, 1.165) is 0 Å². The number of hydrogen-bond acceptors (Lipinski definition) is 5. The Morgan fingerprint density at radius 3 is 2.21 bits per heavy atom. The van der Waals surface area contributed by atoms with Gasteiger partial charge >= 0.3 is 5.97 Å². The number of rotatable bonds is 5. The van der Waals surface area contributed by atoms with Crippen molar-refractivity contribution >= 4 is 5.97 Å². The van der Waals surface area contributed by atoms with E-state index in [9.17, 15) is 4.79 Å². The third-order valence-corrected chi connectivity index (χ3v) is 2.52. The summed E-state index contributed by atoms with van der Waals surface area (Å²) < 4.78 is 10.5. The average molecular weight is 267 g/mol. The van der Waals surface area contributed by atoms with E-state index >= 15 is 0 Å². The van der Waals surface area contributed by atoms with Crippen molar-refractivity contribution in [2.75, 3.05) is 13.7 Å². The largest absolute Gasteiger partial charge is 0.457 e. The Bertz CT molecular complexity index is 413. The average Bonchev–Trinajstić information content (AvgIpc) is 2.35. The van der Waals surface area contributed by atoms with Crippen LogP contribution in [0.25, 0.3) is 0 Å². The minimum Gasteiger partial charge on any atom is -0.457 e. The maximum absolute atomic E-state index is 12.4. The normalized spacial score (nSPS) is 14.8. The number of carbonyl (C=O) groups excluding carboxylic acids is 1. The van der Waals surface area contributed by atoms with Crippen LogP contribution in [0.5, 0.6) is 0 Å². The maximum Gasteiger partial charge on any atom is 0.348 e. The molecule has 0 amide bonds. The van der Waals surface area contributed by atoms with E-state index in [4.69, 9.17) is 20.2 Å². The topological polar surface area (TPSA) is 70.8 Å². The maximum atomic E-state index is 12.4. The van der Waals surface area contributed by atoms with Gasteiger partial charge in [-0.1, -0.05) is 30.3 Å². The van der Waals surface area contributed by atoms with E-state index < -0.39 is 17.2 Å². The van der Waals surface area contributed by atoms with Crippen LogP contribution in [0, 0.1) is 0 Å². The summed E-state index contributed by atoms with van der Waals surface area (Å²) in [4.78, 5) is 17.4. The van der Waals surface area contributed by atoms with Gasteiger partial charge in [0.25, 0.3) is 0 Å². The molecular weight excluding hydrogens is 246 g/mol. The van der Waals surface area contributed by atoms with E-state index in [0.29, 0.717) is 5.56 Å². The summed E-state index contributed by atoms with van der Waals surface area (Å²) in [7, 11) is 1.47. The van der Waals surface area contributed by atoms with Crippen LogP contribution in [0.3, 0.4) is 0 Å². The first-order valence-corrected chi connectivity index (χ1v) is 6.01. The van der Waals surface area contributed by atoms with Crippen molar-refractivity contribution in [2.45, 2.75) is 32.0 Å². The number of carbonyl (C=O) groups is 1. The summed E-state index contributed by atoms with van der Waals surface area (Å²) in [6.45, 7) is 5.32. The van der Waals surface area contributed by atoms with Crippen molar-refractivity contribution in [1.82, 2.24) is 0 Å². The molecule has 1 aromatic rings. The Hall–Kier alpha value is -1.43. The van der Waals surface area contributed by atoms with Gasteiger partial charge in [0, 0.05) is 7.11 Å². The summed E-state index contributed by atoms with van der Waals surface area (Å²) >= 11 is 0. The zero-order valence-electron chi connectivity index (χ0n) is 11.8. The van der Waals surface area contributed by atoms with Gasteiger partial charge in [0.1, 0.15) is 5.60 Å². The van der Waals surface area contributed by atoms with Crippen LogP contribution >= 0.6 is 0 Å².